The highest BCUT2D eigenvalue weighted by Crippen LogP contribution is 2.35. The molecule has 1 aliphatic heterocycles. The Bertz CT molecular complexity index is 2040. The molecule has 0 atom stereocenters. The first-order chi connectivity index (χ1) is 21.8. The smallest absolute Gasteiger partial charge is 0.269 e. The molecule has 1 aliphatic rings. The second kappa shape index (κ2) is 11.9. The number of aryl methyl sites for hydroxylation is 3. The van der Waals surface area contributed by atoms with E-state index in [1.54, 1.807) is 42.9 Å². The van der Waals surface area contributed by atoms with E-state index in [1.807, 2.05) is 48.3 Å². The van der Waals surface area contributed by atoms with Gasteiger partial charge in [0.2, 0.25) is 0 Å². The van der Waals surface area contributed by atoms with E-state index in [1.165, 1.54) is 9.54 Å². The molecule has 9 nitrogen and oxygen atoms in total. The van der Waals surface area contributed by atoms with Crippen LogP contribution in [0.2, 0.25) is 0 Å². The molecule has 1 saturated heterocycles. The fraction of sp³-hybridized carbons (Fsp3) is 0.229. The monoisotopic (exact) mass is 617 g/mol. The topological polar surface area (TPSA) is 89.2 Å². The van der Waals surface area contributed by atoms with Crippen LogP contribution in [0.5, 0.6) is 0 Å². The van der Waals surface area contributed by atoms with Crippen LogP contribution < -0.4 is 4.90 Å². The van der Waals surface area contributed by atoms with Crippen LogP contribution in [0.1, 0.15) is 11.1 Å². The minimum atomic E-state index is -3.90. The Morgan fingerprint density at radius 1 is 0.778 bits per heavy atom. The van der Waals surface area contributed by atoms with Crippen molar-refractivity contribution in [1.29, 1.82) is 0 Å². The zero-order chi connectivity index (χ0) is 31.0. The van der Waals surface area contributed by atoms with Gasteiger partial charge in [0.15, 0.2) is 5.65 Å². The van der Waals surface area contributed by atoms with Gasteiger partial charge in [0.05, 0.1) is 11.1 Å². The number of pyridine rings is 2. The summed E-state index contributed by atoms with van der Waals surface area (Å²) in [5.41, 5.74) is 5.95. The SMILES string of the molecule is Cc1ccc(S(=O)(=O)n2cc(-c3cnn(CCc4ccccc4)c3)c3cc(-c4ccc(N5CCN(C)CC5)nc4)cnc32)cc1. The van der Waals surface area contributed by atoms with Gasteiger partial charge in [-0.15, -0.1) is 0 Å². The Kier molecular flexibility index (Phi) is 7.68. The average molecular weight is 618 g/mol. The molecular weight excluding hydrogens is 582 g/mol. The number of hydrogen-bond donors (Lipinski definition) is 0. The predicted octanol–water partition coefficient (Wildman–Crippen LogP) is 5.50. The van der Waals surface area contributed by atoms with Gasteiger partial charge in [0, 0.05) is 85.2 Å². The van der Waals surface area contributed by atoms with Crippen LogP contribution in [0.15, 0.2) is 109 Å². The van der Waals surface area contributed by atoms with Gasteiger partial charge in [-0.3, -0.25) is 4.68 Å². The highest BCUT2D eigenvalue weighted by atomic mass is 32.2. The number of likely N-dealkylation sites (N-methyl/N-ethyl adjacent to an activating group) is 1. The van der Waals surface area contributed by atoms with Crippen LogP contribution in [0.4, 0.5) is 5.82 Å². The van der Waals surface area contributed by atoms with E-state index in [0.29, 0.717) is 12.2 Å². The lowest BCUT2D eigenvalue weighted by atomic mass is 10.1. The summed E-state index contributed by atoms with van der Waals surface area (Å²) in [6.07, 6.45) is 9.88. The van der Waals surface area contributed by atoms with Gasteiger partial charge >= 0.3 is 0 Å². The largest absolute Gasteiger partial charge is 0.354 e. The molecule has 0 bridgehead atoms. The van der Waals surface area contributed by atoms with E-state index in [4.69, 9.17) is 9.97 Å². The maximum absolute atomic E-state index is 13.9. The molecule has 7 rings (SSSR count). The van der Waals surface area contributed by atoms with Gasteiger partial charge in [-0.05, 0) is 56.3 Å². The van der Waals surface area contributed by atoms with Crippen LogP contribution in [0, 0.1) is 6.92 Å². The van der Waals surface area contributed by atoms with Gasteiger partial charge in [-0.25, -0.2) is 22.4 Å². The lowest BCUT2D eigenvalue weighted by Gasteiger charge is -2.33. The van der Waals surface area contributed by atoms with Crippen molar-refractivity contribution >= 4 is 26.9 Å². The average Bonchev–Trinajstić information content (AvgIpc) is 3.70. The van der Waals surface area contributed by atoms with Crippen LogP contribution >= 0.6 is 0 Å². The minimum Gasteiger partial charge on any atom is -0.354 e. The van der Waals surface area contributed by atoms with Crippen molar-refractivity contribution in [1.82, 2.24) is 28.6 Å². The standard InChI is InChI=1S/C35H35N7O2S/c1-26-8-11-31(12-9-26)45(43,44)42-25-33(30-23-38-41(24-30)15-14-27-6-4-3-5-7-27)32-20-29(22-37-35(32)42)28-10-13-34(36-21-28)40-18-16-39(2)17-19-40/h3-13,20-25H,14-19H2,1-2H3. The lowest BCUT2D eigenvalue weighted by Crippen LogP contribution is -2.44. The number of benzene rings is 2. The quantitative estimate of drug-likeness (QED) is 0.223. The zero-order valence-corrected chi connectivity index (χ0v) is 26.2. The van der Waals surface area contributed by atoms with E-state index in [9.17, 15) is 8.42 Å². The molecule has 228 valence electrons. The number of hydrogen-bond acceptors (Lipinski definition) is 7. The third kappa shape index (κ3) is 5.86. The molecule has 4 aromatic heterocycles. The zero-order valence-electron chi connectivity index (χ0n) is 25.4. The maximum atomic E-state index is 13.9. The molecule has 5 heterocycles. The first kappa shape index (κ1) is 28.9. The summed E-state index contributed by atoms with van der Waals surface area (Å²) < 4.78 is 31.0. The fourth-order valence-corrected chi connectivity index (χ4v) is 7.09. The number of nitrogens with zero attached hydrogens (tertiary/aromatic N) is 7. The molecular formula is C35H35N7O2S. The Morgan fingerprint density at radius 3 is 2.27 bits per heavy atom. The highest BCUT2D eigenvalue weighted by Gasteiger charge is 2.24. The Morgan fingerprint density at radius 2 is 1.53 bits per heavy atom. The van der Waals surface area contributed by atoms with Crippen molar-refractivity contribution in [2.75, 3.05) is 38.1 Å². The van der Waals surface area contributed by atoms with E-state index in [-0.39, 0.29) is 4.90 Å². The Balaban J connectivity index is 1.27. The normalized spacial score (nSPS) is 14.3. The number of fused-ring (bicyclic) bond motifs is 1. The second-order valence-corrected chi connectivity index (χ2v) is 13.5. The Labute approximate surface area is 263 Å². The third-order valence-electron chi connectivity index (χ3n) is 8.51. The van der Waals surface area contributed by atoms with E-state index < -0.39 is 10.0 Å². The molecule has 0 N–H and O–H groups in total. The summed E-state index contributed by atoms with van der Waals surface area (Å²) in [5, 5.41) is 5.34. The van der Waals surface area contributed by atoms with Gasteiger partial charge in [0.1, 0.15) is 5.82 Å². The Hall–Kier alpha value is -4.80. The van der Waals surface area contributed by atoms with Crippen LogP contribution in [0.25, 0.3) is 33.3 Å². The molecule has 6 aromatic rings. The summed E-state index contributed by atoms with van der Waals surface area (Å²) in [4.78, 5) is 14.3. The van der Waals surface area contributed by atoms with Gasteiger partial charge in [-0.2, -0.15) is 5.10 Å². The molecule has 0 spiro atoms. The summed E-state index contributed by atoms with van der Waals surface area (Å²) in [5.74, 6) is 0.958. The fourth-order valence-electron chi connectivity index (χ4n) is 5.77. The number of anilines is 1. The molecule has 0 unspecified atom stereocenters. The minimum absolute atomic E-state index is 0.213. The molecule has 2 aromatic carbocycles. The lowest BCUT2D eigenvalue weighted by molar-refractivity contribution is 0.312. The molecule has 0 saturated carbocycles. The van der Waals surface area contributed by atoms with Crippen molar-refractivity contribution in [2.45, 2.75) is 24.8 Å². The summed E-state index contributed by atoms with van der Waals surface area (Å²) in [6, 6.07) is 23.3. The van der Waals surface area contributed by atoms with Crippen LogP contribution in [-0.2, 0) is 23.0 Å². The highest BCUT2D eigenvalue weighted by molar-refractivity contribution is 7.90. The summed E-state index contributed by atoms with van der Waals surface area (Å²) in [7, 11) is -1.76. The second-order valence-electron chi connectivity index (χ2n) is 11.7. The number of aromatic nitrogens is 5. The predicted molar refractivity (Wildman–Crippen MR) is 178 cm³/mol. The molecule has 45 heavy (non-hydrogen) atoms. The number of rotatable bonds is 8. The first-order valence-electron chi connectivity index (χ1n) is 15.2. The number of piperazine rings is 1. The molecule has 0 radical (unpaired) electrons. The van der Waals surface area contributed by atoms with E-state index in [2.05, 4.69) is 46.2 Å². The van der Waals surface area contributed by atoms with Crippen molar-refractivity contribution in [3.05, 3.63) is 115 Å². The van der Waals surface area contributed by atoms with Crippen molar-refractivity contribution in [3.63, 3.8) is 0 Å². The summed E-state index contributed by atoms with van der Waals surface area (Å²) in [6.45, 7) is 6.56. The van der Waals surface area contributed by atoms with Gasteiger partial charge < -0.3 is 9.80 Å². The van der Waals surface area contributed by atoms with Gasteiger partial charge in [-0.1, -0.05) is 48.0 Å². The summed E-state index contributed by atoms with van der Waals surface area (Å²) >= 11 is 0. The van der Waals surface area contributed by atoms with Crippen LogP contribution in [0.3, 0.4) is 0 Å². The molecule has 0 amide bonds. The third-order valence-corrected chi connectivity index (χ3v) is 10.2. The van der Waals surface area contributed by atoms with Crippen LogP contribution in [-0.4, -0.2) is 70.3 Å². The van der Waals surface area contributed by atoms with Crippen molar-refractivity contribution in [3.8, 4) is 22.3 Å². The van der Waals surface area contributed by atoms with E-state index in [0.717, 1.165) is 71.6 Å². The van der Waals surface area contributed by atoms with E-state index >= 15 is 0 Å². The molecule has 10 heteroatoms. The molecule has 0 aliphatic carbocycles. The maximum Gasteiger partial charge on any atom is 0.269 e. The van der Waals surface area contributed by atoms with Gasteiger partial charge in [0.25, 0.3) is 10.0 Å². The first-order valence-corrected chi connectivity index (χ1v) is 16.6. The van der Waals surface area contributed by atoms with Crippen molar-refractivity contribution < 1.29 is 8.42 Å². The van der Waals surface area contributed by atoms with Crippen molar-refractivity contribution in [2.24, 2.45) is 0 Å². The molecule has 1 fully saturated rings.